The average molecular weight is 281 g/mol. The van der Waals surface area contributed by atoms with Crippen LogP contribution in [-0.2, 0) is 16.6 Å². The topological polar surface area (TPSA) is 40.5 Å². The Hall–Kier alpha value is -2.29. The summed E-state index contributed by atoms with van der Waals surface area (Å²) in [5.74, 6) is -0.780. The van der Waals surface area contributed by atoms with E-state index < -0.39 is 11.4 Å². The first kappa shape index (κ1) is 13.7. The summed E-state index contributed by atoms with van der Waals surface area (Å²) in [6.45, 7) is 3.18. The van der Waals surface area contributed by atoms with Gasteiger partial charge in [-0.1, -0.05) is 48.5 Å². The lowest BCUT2D eigenvalue weighted by molar-refractivity contribution is -0.142. The Morgan fingerprint density at radius 1 is 1.14 bits per heavy atom. The van der Waals surface area contributed by atoms with Crippen molar-refractivity contribution in [2.24, 2.45) is 0 Å². The molecule has 1 unspecified atom stereocenters. The molecule has 1 aliphatic heterocycles. The molecule has 0 saturated carbocycles. The number of carboxylic acids is 1. The maximum atomic E-state index is 11.9. The Labute approximate surface area is 124 Å². The van der Waals surface area contributed by atoms with Crippen molar-refractivity contribution in [3.63, 3.8) is 0 Å². The lowest BCUT2D eigenvalue weighted by Crippen LogP contribution is -2.44. The molecule has 0 saturated heterocycles. The summed E-state index contributed by atoms with van der Waals surface area (Å²) in [4.78, 5) is 14.1. The second-order valence-corrected chi connectivity index (χ2v) is 5.80. The average Bonchev–Trinajstić information content (AvgIpc) is 2.91. The molecule has 1 atom stereocenters. The maximum Gasteiger partial charge on any atom is 0.315 e. The van der Waals surface area contributed by atoms with Gasteiger partial charge in [0.1, 0.15) is 5.41 Å². The van der Waals surface area contributed by atoms with Gasteiger partial charge in [0.15, 0.2) is 0 Å². The number of fused-ring (bicyclic) bond motifs is 1. The van der Waals surface area contributed by atoms with Crippen LogP contribution in [0, 0.1) is 0 Å². The largest absolute Gasteiger partial charge is 0.481 e. The zero-order valence-corrected chi connectivity index (χ0v) is 12.1. The second-order valence-electron chi connectivity index (χ2n) is 5.80. The van der Waals surface area contributed by atoms with Crippen LogP contribution in [0.25, 0.3) is 0 Å². The maximum absolute atomic E-state index is 11.9. The van der Waals surface area contributed by atoms with E-state index in [1.807, 2.05) is 49.4 Å². The van der Waals surface area contributed by atoms with E-state index in [4.69, 9.17) is 0 Å². The second kappa shape index (κ2) is 5.24. The Bertz CT molecular complexity index is 653. The molecule has 0 aromatic heterocycles. The molecule has 0 radical (unpaired) electrons. The summed E-state index contributed by atoms with van der Waals surface area (Å²) >= 11 is 0. The van der Waals surface area contributed by atoms with Crippen LogP contribution in [0.4, 0.5) is 5.69 Å². The lowest BCUT2D eigenvalue weighted by Gasteiger charge is -2.32. The fraction of sp³-hybridized carbons (Fsp3) is 0.278. The third-order valence-corrected chi connectivity index (χ3v) is 4.37. The van der Waals surface area contributed by atoms with Gasteiger partial charge in [-0.3, -0.25) is 4.79 Å². The van der Waals surface area contributed by atoms with E-state index in [0.717, 1.165) is 18.5 Å². The van der Waals surface area contributed by atoms with E-state index in [-0.39, 0.29) is 0 Å². The molecule has 3 heteroatoms. The molecule has 0 fully saturated rings. The first-order chi connectivity index (χ1) is 10.1. The molecule has 3 rings (SSSR count). The minimum absolute atomic E-state index is 0.489. The Morgan fingerprint density at radius 3 is 2.52 bits per heavy atom. The fourth-order valence-electron chi connectivity index (χ4n) is 3.04. The predicted octanol–water partition coefficient (Wildman–Crippen LogP) is 3.09. The van der Waals surface area contributed by atoms with Crippen molar-refractivity contribution in [1.82, 2.24) is 0 Å². The van der Waals surface area contributed by atoms with E-state index in [1.54, 1.807) is 0 Å². The standard InChI is InChI=1S/C18H19NO2/c1-18(17(20)21,15-8-3-2-4-9-15)13-19-12-11-14-7-5-6-10-16(14)19/h2-10H,11-13H2,1H3,(H,20,21). The molecule has 1 N–H and O–H groups in total. The van der Waals surface area contributed by atoms with E-state index in [0.29, 0.717) is 6.54 Å². The van der Waals surface area contributed by atoms with Crippen LogP contribution in [0.1, 0.15) is 18.1 Å². The van der Waals surface area contributed by atoms with Gasteiger partial charge in [0.25, 0.3) is 0 Å². The van der Waals surface area contributed by atoms with E-state index in [9.17, 15) is 9.90 Å². The molecular formula is C18H19NO2. The van der Waals surface area contributed by atoms with Crippen molar-refractivity contribution < 1.29 is 9.90 Å². The van der Waals surface area contributed by atoms with Crippen LogP contribution in [0.3, 0.4) is 0 Å². The number of aliphatic carboxylic acids is 1. The van der Waals surface area contributed by atoms with Crippen molar-refractivity contribution in [2.45, 2.75) is 18.8 Å². The van der Waals surface area contributed by atoms with E-state index in [2.05, 4.69) is 17.0 Å². The van der Waals surface area contributed by atoms with Crippen LogP contribution in [0.15, 0.2) is 54.6 Å². The molecule has 0 amide bonds. The number of nitrogens with zero attached hydrogens (tertiary/aromatic N) is 1. The first-order valence-corrected chi connectivity index (χ1v) is 7.23. The first-order valence-electron chi connectivity index (χ1n) is 7.23. The van der Waals surface area contributed by atoms with Crippen LogP contribution in [0.5, 0.6) is 0 Å². The molecule has 0 bridgehead atoms. The molecule has 108 valence electrons. The summed E-state index contributed by atoms with van der Waals surface area (Å²) < 4.78 is 0. The van der Waals surface area contributed by atoms with Crippen molar-refractivity contribution >= 4 is 11.7 Å². The highest BCUT2D eigenvalue weighted by molar-refractivity contribution is 5.82. The van der Waals surface area contributed by atoms with Gasteiger partial charge in [0.05, 0.1) is 0 Å². The predicted molar refractivity (Wildman–Crippen MR) is 83.8 cm³/mol. The number of carboxylic acid groups (broad SMARTS) is 1. The molecule has 21 heavy (non-hydrogen) atoms. The number of rotatable bonds is 4. The van der Waals surface area contributed by atoms with E-state index >= 15 is 0 Å². The SMILES string of the molecule is CC(CN1CCc2ccccc21)(C(=O)O)c1ccccc1. The smallest absolute Gasteiger partial charge is 0.315 e. The Kier molecular flexibility index (Phi) is 3.42. The number of benzene rings is 2. The quantitative estimate of drug-likeness (QED) is 0.936. The van der Waals surface area contributed by atoms with Crippen LogP contribution in [-0.4, -0.2) is 24.2 Å². The van der Waals surface area contributed by atoms with Crippen molar-refractivity contribution in [2.75, 3.05) is 18.0 Å². The van der Waals surface area contributed by atoms with Crippen LogP contribution >= 0.6 is 0 Å². The summed E-state index contributed by atoms with van der Waals surface area (Å²) in [6, 6.07) is 17.8. The number of hydrogen-bond donors (Lipinski definition) is 1. The molecule has 2 aromatic rings. The number of para-hydroxylation sites is 1. The van der Waals surface area contributed by atoms with Crippen LogP contribution in [0.2, 0.25) is 0 Å². The molecular weight excluding hydrogens is 262 g/mol. The zero-order chi connectivity index (χ0) is 14.9. The minimum Gasteiger partial charge on any atom is -0.481 e. The Morgan fingerprint density at radius 2 is 1.81 bits per heavy atom. The lowest BCUT2D eigenvalue weighted by atomic mass is 9.82. The molecule has 1 aliphatic rings. The Balaban J connectivity index is 1.93. The van der Waals surface area contributed by atoms with Gasteiger partial charge >= 0.3 is 5.97 Å². The van der Waals surface area contributed by atoms with Gasteiger partial charge in [-0.2, -0.15) is 0 Å². The molecule has 0 aliphatic carbocycles. The highest BCUT2D eigenvalue weighted by Crippen LogP contribution is 2.33. The highest BCUT2D eigenvalue weighted by atomic mass is 16.4. The molecule has 0 spiro atoms. The third-order valence-electron chi connectivity index (χ3n) is 4.37. The van der Waals surface area contributed by atoms with E-state index in [1.165, 1.54) is 11.3 Å². The third kappa shape index (κ3) is 2.40. The monoisotopic (exact) mass is 281 g/mol. The molecule has 3 nitrogen and oxygen atoms in total. The zero-order valence-electron chi connectivity index (χ0n) is 12.1. The van der Waals surface area contributed by atoms with Crippen molar-refractivity contribution in [1.29, 1.82) is 0 Å². The van der Waals surface area contributed by atoms with Gasteiger partial charge in [0.2, 0.25) is 0 Å². The van der Waals surface area contributed by atoms with Crippen molar-refractivity contribution in [3.05, 3.63) is 65.7 Å². The number of anilines is 1. The van der Waals surface area contributed by atoms with Crippen LogP contribution < -0.4 is 4.90 Å². The number of carbonyl (C=O) groups is 1. The normalized spacial score (nSPS) is 16.3. The van der Waals surface area contributed by atoms with Gasteiger partial charge in [0, 0.05) is 18.8 Å². The van der Waals surface area contributed by atoms with Gasteiger partial charge in [-0.15, -0.1) is 0 Å². The van der Waals surface area contributed by atoms with Crippen molar-refractivity contribution in [3.8, 4) is 0 Å². The van der Waals surface area contributed by atoms with Gasteiger partial charge < -0.3 is 10.0 Å². The minimum atomic E-state index is -0.904. The van der Waals surface area contributed by atoms with Gasteiger partial charge in [-0.25, -0.2) is 0 Å². The summed E-state index contributed by atoms with van der Waals surface area (Å²) in [6.07, 6.45) is 0.987. The summed E-state index contributed by atoms with van der Waals surface area (Å²) in [5, 5.41) is 9.77. The molecule has 1 heterocycles. The number of hydrogen-bond acceptors (Lipinski definition) is 2. The highest BCUT2D eigenvalue weighted by Gasteiger charge is 2.38. The summed E-state index contributed by atoms with van der Waals surface area (Å²) in [5.41, 5.74) is 2.42. The fourth-order valence-corrected chi connectivity index (χ4v) is 3.04. The van der Waals surface area contributed by atoms with Gasteiger partial charge in [-0.05, 0) is 30.5 Å². The summed E-state index contributed by atoms with van der Waals surface area (Å²) in [7, 11) is 0. The molecule has 2 aromatic carbocycles.